The second-order valence-corrected chi connectivity index (χ2v) is 4.77. The largest absolute Gasteiger partial charge is 0.298 e. The summed E-state index contributed by atoms with van der Waals surface area (Å²) < 4.78 is 13.7. The van der Waals surface area contributed by atoms with Crippen molar-refractivity contribution in [1.82, 2.24) is 0 Å². The number of carbonyl (C=O) groups excluding carboxylic acids is 1. The number of Topliss-reactive ketones (excluding diaryl/α,β-unsaturated/α-hetero) is 1. The monoisotopic (exact) mass is 283 g/mol. The van der Waals surface area contributed by atoms with Gasteiger partial charge in [0.25, 0.3) is 0 Å². The van der Waals surface area contributed by atoms with Crippen LogP contribution < -0.4 is 0 Å². The molecular weight excluding hydrogens is 273 g/mol. The predicted molar refractivity (Wildman–Crippen MR) is 62.2 cm³/mol. The molecule has 1 rings (SSSR count). The van der Waals surface area contributed by atoms with E-state index in [4.69, 9.17) is 5.26 Å². The molecule has 0 amide bonds. The van der Waals surface area contributed by atoms with Crippen LogP contribution in [-0.4, -0.2) is 5.78 Å². The van der Waals surface area contributed by atoms with Crippen LogP contribution in [0.2, 0.25) is 0 Å². The Hall–Kier alpha value is -1.21. The van der Waals surface area contributed by atoms with Gasteiger partial charge in [0.2, 0.25) is 0 Å². The summed E-state index contributed by atoms with van der Waals surface area (Å²) in [6.45, 7) is 2.93. The van der Waals surface area contributed by atoms with Crippen LogP contribution in [0.1, 0.15) is 19.4 Å². The Bertz CT molecular complexity index is 467. The second kappa shape index (κ2) is 4.75. The molecule has 1 unspecified atom stereocenters. The first-order valence-electron chi connectivity index (χ1n) is 4.75. The van der Waals surface area contributed by atoms with E-state index in [1.54, 1.807) is 13.0 Å². The number of carbonyl (C=O) groups is 1. The summed E-state index contributed by atoms with van der Waals surface area (Å²) in [4.78, 5) is 11.4. The Balaban J connectivity index is 3.09. The molecule has 0 saturated carbocycles. The number of halogens is 2. The van der Waals surface area contributed by atoms with Gasteiger partial charge >= 0.3 is 0 Å². The van der Waals surface area contributed by atoms with Crippen LogP contribution in [0, 0.1) is 22.6 Å². The Morgan fingerprint density at radius 3 is 2.75 bits per heavy atom. The standard InChI is InChI=1S/C12H11BrFNO/c1-8(16)12(2,7-15)6-9-5-10(14)3-4-11(9)13/h3-5H,6H2,1-2H3. The van der Waals surface area contributed by atoms with Gasteiger partial charge in [-0.2, -0.15) is 5.26 Å². The minimum absolute atomic E-state index is 0.206. The third-order valence-electron chi connectivity index (χ3n) is 2.58. The van der Waals surface area contributed by atoms with Crippen LogP contribution in [0.25, 0.3) is 0 Å². The molecule has 0 radical (unpaired) electrons. The average molecular weight is 284 g/mol. The van der Waals surface area contributed by atoms with E-state index in [9.17, 15) is 9.18 Å². The molecule has 4 heteroatoms. The Morgan fingerprint density at radius 1 is 1.62 bits per heavy atom. The van der Waals surface area contributed by atoms with Gasteiger partial charge in [0.15, 0.2) is 0 Å². The lowest BCUT2D eigenvalue weighted by Crippen LogP contribution is -2.26. The minimum Gasteiger partial charge on any atom is -0.298 e. The van der Waals surface area contributed by atoms with Gasteiger partial charge in [-0.05, 0) is 44.0 Å². The molecule has 0 aliphatic rings. The molecule has 1 aromatic carbocycles. The molecule has 0 N–H and O–H groups in total. The second-order valence-electron chi connectivity index (χ2n) is 3.91. The molecule has 16 heavy (non-hydrogen) atoms. The number of rotatable bonds is 3. The van der Waals surface area contributed by atoms with Gasteiger partial charge in [-0.1, -0.05) is 15.9 Å². The zero-order chi connectivity index (χ0) is 12.3. The number of ketones is 1. The summed E-state index contributed by atoms with van der Waals surface area (Å²) in [6.07, 6.45) is 0.206. The maximum Gasteiger partial charge on any atom is 0.150 e. The van der Waals surface area contributed by atoms with Gasteiger partial charge in [0.05, 0.1) is 6.07 Å². The van der Waals surface area contributed by atoms with E-state index in [0.29, 0.717) is 10.0 Å². The van der Waals surface area contributed by atoms with Crippen LogP contribution >= 0.6 is 15.9 Å². The van der Waals surface area contributed by atoms with Crippen LogP contribution in [0.5, 0.6) is 0 Å². The molecule has 0 bridgehead atoms. The van der Waals surface area contributed by atoms with E-state index in [1.807, 2.05) is 6.07 Å². The molecule has 1 aromatic rings. The van der Waals surface area contributed by atoms with Crippen molar-refractivity contribution in [3.05, 3.63) is 34.1 Å². The third kappa shape index (κ3) is 2.67. The summed E-state index contributed by atoms with van der Waals surface area (Å²) in [7, 11) is 0. The topological polar surface area (TPSA) is 40.9 Å². The Kier molecular flexibility index (Phi) is 3.82. The zero-order valence-electron chi connectivity index (χ0n) is 9.05. The lowest BCUT2D eigenvalue weighted by Gasteiger charge is -2.18. The highest BCUT2D eigenvalue weighted by Gasteiger charge is 2.30. The summed E-state index contributed by atoms with van der Waals surface area (Å²) in [5.74, 6) is -0.590. The summed E-state index contributed by atoms with van der Waals surface area (Å²) in [5, 5.41) is 9.00. The van der Waals surface area contributed by atoms with Crippen molar-refractivity contribution in [3.63, 3.8) is 0 Å². The highest BCUT2D eigenvalue weighted by Crippen LogP contribution is 2.28. The van der Waals surface area contributed by atoms with E-state index in [-0.39, 0.29) is 18.0 Å². The normalized spacial score (nSPS) is 13.9. The maximum absolute atomic E-state index is 13.0. The molecule has 0 aromatic heterocycles. The van der Waals surface area contributed by atoms with Gasteiger partial charge < -0.3 is 0 Å². The van der Waals surface area contributed by atoms with E-state index < -0.39 is 5.41 Å². The molecule has 0 heterocycles. The molecule has 0 aliphatic heterocycles. The van der Waals surface area contributed by atoms with Crippen molar-refractivity contribution in [2.24, 2.45) is 5.41 Å². The van der Waals surface area contributed by atoms with Crippen LogP contribution in [0.4, 0.5) is 4.39 Å². The fourth-order valence-corrected chi connectivity index (χ4v) is 1.69. The SMILES string of the molecule is CC(=O)C(C)(C#N)Cc1cc(F)ccc1Br. The van der Waals surface area contributed by atoms with Crippen molar-refractivity contribution in [3.8, 4) is 6.07 Å². The minimum atomic E-state index is -1.10. The first kappa shape index (κ1) is 12.9. The smallest absolute Gasteiger partial charge is 0.150 e. The molecule has 84 valence electrons. The number of benzene rings is 1. The molecule has 1 atom stereocenters. The zero-order valence-corrected chi connectivity index (χ0v) is 10.6. The van der Waals surface area contributed by atoms with Gasteiger partial charge in [-0.15, -0.1) is 0 Å². The van der Waals surface area contributed by atoms with E-state index >= 15 is 0 Å². The highest BCUT2D eigenvalue weighted by molar-refractivity contribution is 9.10. The number of nitrogens with zero attached hydrogens (tertiary/aromatic N) is 1. The van der Waals surface area contributed by atoms with Gasteiger partial charge in [0, 0.05) is 4.47 Å². The van der Waals surface area contributed by atoms with E-state index in [1.165, 1.54) is 19.1 Å². The lowest BCUT2D eigenvalue weighted by molar-refractivity contribution is -0.123. The number of hydrogen-bond acceptors (Lipinski definition) is 2. The quantitative estimate of drug-likeness (QED) is 0.854. The van der Waals surface area contributed by atoms with Gasteiger partial charge in [-0.25, -0.2) is 4.39 Å². The first-order chi connectivity index (χ1) is 7.39. The lowest BCUT2D eigenvalue weighted by atomic mass is 9.82. The molecule has 0 saturated heterocycles. The fraction of sp³-hybridized carbons (Fsp3) is 0.333. The first-order valence-corrected chi connectivity index (χ1v) is 5.54. The average Bonchev–Trinajstić information content (AvgIpc) is 2.23. The molecular formula is C12H11BrFNO. The fourth-order valence-electron chi connectivity index (χ4n) is 1.30. The highest BCUT2D eigenvalue weighted by atomic mass is 79.9. The summed E-state index contributed by atoms with van der Waals surface area (Å²) in [6, 6.07) is 6.21. The third-order valence-corrected chi connectivity index (χ3v) is 3.35. The van der Waals surface area contributed by atoms with Gasteiger partial charge in [-0.3, -0.25) is 4.79 Å². The van der Waals surface area contributed by atoms with Crippen LogP contribution in [0.15, 0.2) is 22.7 Å². The van der Waals surface area contributed by atoms with Crippen molar-refractivity contribution < 1.29 is 9.18 Å². The number of nitriles is 1. The van der Waals surface area contributed by atoms with E-state index in [0.717, 1.165) is 0 Å². The summed E-state index contributed by atoms with van der Waals surface area (Å²) in [5.41, 5.74) is -0.477. The van der Waals surface area contributed by atoms with Crippen molar-refractivity contribution in [2.75, 3.05) is 0 Å². The summed E-state index contributed by atoms with van der Waals surface area (Å²) >= 11 is 3.27. The molecule has 2 nitrogen and oxygen atoms in total. The van der Waals surface area contributed by atoms with Gasteiger partial charge in [0.1, 0.15) is 17.0 Å². The Morgan fingerprint density at radius 2 is 2.25 bits per heavy atom. The van der Waals surface area contributed by atoms with Crippen molar-refractivity contribution in [1.29, 1.82) is 5.26 Å². The Labute approximate surface area is 102 Å². The predicted octanol–water partition coefficient (Wildman–Crippen LogP) is 3.25. The van der Waals surface area contributed by atoms with Crippen LogP contribution in [-0.2, 0) is 11.2 Å². The van der Waals surface area contributed by atoms with Crippen molar-refractivity contribution in [2.45, 2.75) is 20.3 Å². The van der Waals surface area contributed by atoms with Crippen LogP contribution in [0.3, 0.4) is 0 Å². The molecule has 0 spiro atoms. The number of hydrogen-bond donors (Lipinski definition) is 0. The van der Waals surface area contributed by atoms with E-state index in [2.05, 4.69) is 15.9 Å². The van der Waals surface area contributed by atoms with Crippen molar-refractivity contribution >= 4 is 21.7 Å². The molecule has 0 fully saturated rings. The molecule has 0 aliphatic carbocycles. The maximum atomic E-state index is 13.0.